The number of benzene rings is 2. The SMILES string of the molecule is O=C(NCC(Br)c1ccccc1)c1ccc(Cl)c(Cl)c1. The number of nitrogens with one attached hydrogen (secondary N) is 1. The van der Waals surface area contributed by atoms with E-state index in [9.17, 15) is 4.79 Å². The average Bonchev–Trinajstić information content (AvgIpc) is 2.48. The van der Waals surface area contributed by atoms with Crippen LogP contribution >= 0.6 is 39.1 Å². The Bertz CT molecular complexity index is 604. The zero-order chi connectivity index (χ0) is 14.5. The van der Waals surface area contributed by atoms with E-state index in [2.05, 4.69) is 21.2 Å². The zero-order valence-corrected chi connectivity index (χ0v) is 13.5. The topological polar surface area (TPSA) is 29.1 Å². The Hall–Kier alpha value is -1.03. The van der Waals surface area contributed by atoms with Crippen molar-refractivity contribution in [3.05, 3.63) is 69.7 Å². The first kappa shape index (κ1) is 15.4. The molecule has 2 aromatic rings. The fourth-order valence-electron chi connectivity index (χ4n) is 1.70. The van der Waals surface area contributed by atoms with E-state index in [-0.39, 0.29) is 10.7 Å². The van der Waals surface area contributed by atoms with Crippen LogP contribution in [0.1, 0.15) is 20.7 Å². The van der Waals surface area contributed by atoms with Crippen molar-refractivity contribution in [2.24, 2.45) is 0 Å². The van der Waals surface area contributed by atoms with Gasteiger partial charge in [-0.05, 0) is 23.8 Å². The molecular weight excluding hydrogens is 361 g/mol. The molecule has 1 unspecified atom stereocenters. The number of hydrogen-bond donors (Lipinski definition) is 1. The molecule has 0 spiro atoms. The van der Waals surface area contributed by atoms with E-state index in [4.69, 9.17) is 23.2 Å². The maximum Gasteiger partial charge on any atom is 0.251 e. The Balaban J connectivity index is 1.97. The zero-order valence-electron chi connectivity index (χ0n) is 10.4. The van der Waals surface area contributed by atoms with Gasteiger partial charge in [0.25, 0.3) is 5.91 Å². The molecule has 1 N–H and O–H groups in total. The molecule has 0 aliphatic carbocycles. The van der Waals surface area contributed by atoms with Crippen LogP contribution in [-0.4, -0.2) is 12.5 Å². The smallest absolute Gasteiger partial charge is 0.251 e. The number of amides is 1. The molecule has 2 aromatic carbocycles. The fraction of sp³-hybridized carbons (Fsp3) is 0.133. The van der Waals surface area contributed by atoms with E-state index < -0.39 is 0 Å². The molecule has 0 aliphatic rings. The minimum atomic E-state index is -0.177. The van der Waals surface area contributed by atoms with Crippen molar-refractivity contribution in [2.75, 3.05) is 6.54 Å². The third-order valence-corrected chi connectivity index (χ3v) is 4.38. The molecule has 0 saturated heterocycles. The van der Waals surface area contributed by atoms with Crippen LogP contribution < -0.4 is 5.32 Å². The number of rotatable bonds is 4. The Kier molecular flexibility index (Phi) is 5.46. The number of alkyl halides is 1. The van der Waals surface area contributed by atoms with Gasteiger partial charge in [0.05, 0.1) is 14.9 Å². The van der Waals surface area contributed by atoms with Gasteiger partial charge < -0.3 is 5.32 Å². The summed E-state index contributed by atoms with van der Waals surface area (Å²) >= 11 is 15.3. The van der Waals surface area contributed by atoms with Gasteiger partial charge in [-0.3, -0.25) is 4.79 Å². The molecule has 5 heteroatoms. The van der Waals surface area contributed by atoms with E-state index in [0.717, 1.165) is 5.56 Å². The van der Waals surface area contributed by atoms with Crippen LogP contribution in [0.25, 0.3) is 0 Å². The van der Waals surface area contributed by atoms with Gasteiger partial charge in [-0.2, -0.15) is 0 Å². The number of carbonyl (C=O) groups excluding carboxylic acids is 1. The van der Waals surface area contributed by atoms with E-state index in [0.29, 0.717) is 22.2 Å². The second-order valence-corrected chi connectivity index (χ2v) is 6.14. The molecule has 0 aromatic heterocycles. The maximum absolute atomic E-state index is 12.0. The molecular formula is C15H12BrCl2NO. The Labute approximate surface area is 136 Å². The largest absolute Gasteiger partial charge is 0.351 e. The second kappa shape index (κ2) is 7.11. The summed E-state index contributed by atoms with van der Waals surface area (Å²) in [4.78, 5) is 12.1. The third-order valence-electron chi connectivity index (χ3n) is 2.78. The second-order valence-electron chi connectivity index (χ2n) is 4.22. The van der Waals surface area contributed by atoms with Crippen LogP contribution in [0.4, 0.5) is 0 Å². The lowest BCUT2D eigenvalue weighted by Gasteiger charge is -2.12. The van der Waals surface area contributed by atoms with Crippen LogP contribution in [0.2, 0.25) is 10.0 Å². The molecule has 2 rings (SSSR count). The lowest BCUT2D eigenvalue weighted by atomic mass is 10.1. The Morgan fingerprint density at radius 2 is 1.80 bits per heavy atom. The molecule has 1 amide bonds. The summed E-state index contributed by atoms with van der Waals surface area (Å²) in [5.41, 5.74) is 1.61. The molecule has 20 heavy (non-hydrogen) atoms. The van der Waals surface area contributed by atoms with Gasteiger partial charge in [-0.1, -0.05) is 69.5 Å². The normalized spacial score (nSPS) is 11.9. The van der Waals surface area contributed by atoms with Crippen molar-refractivity contribution in [1.29, 1.82) is 0 Å². The number of hydrogen-bond acceptors (Lipinski definition) is 1. The van der Waals surface area contributed by atoms with Gasteiger partial charge in [0.15, 0.2) is 0 Å². The van der Waals surface area contributed by atoms with Gasteiger partial charge in [0, 0.05) is 12.1 Å². The lowest BCUT2D eigenvalue weighted by molar-refractivity contribution is 0.0954. The predicted octanol–water partition coefficient (Wildman–Crippen LogP) is 4.86. The van der Waals surface area contributed by atoms with Crippen LogP contribution in [0.3, 0.4) is 0 Å². The van der Waals surface area contributed by atoms with Crippen molar-refractivity contribution >= 4 is 45.0 Å². The van der Waals surface area contributed by atoms with Crippen LogP contribution in [0.15, 0.2) is 48.5 Å². The van der Waals surface area contributed by atoms with Crippen LogP contribution in [-0.2, 0) is 0 Å². The summed E-state index contributed by atoms with van der Waals surface area (Å²) in [6.45, 7) is 0.489. The highest BCUT2D eigenvalue weighted by Gasteiger charge is 2.11. The first-order valence-electron chi connectivity index (χ1n) is 6.00. The number of halogens is 3. The Morgan fingerprint density at radius 1 is 1.10 bits per heavy atom. The molecule has 0 radical (unpaired) electrons. The molecule has 1 atom stereocenters. The van der Waals surface area contributed by atoms with Gasteiger partial charge in [0.1, 0.15) is 0 Å². The number of carbonyl (C=O) groups is 1. The van der Waals surface area contributed by atoms with E-state index in [1.807, 2.05) is 30.3 Å². The summed E-state index contributed by atoms with van der Waals surface area (Å²) in [6, 6.07) is 14.7. The van der Waals surface area contributed by atoms with Crippen molar-refractivity contribution in [1.82, 2.24) is 5.32 Å². The van der Waals surface area contributed by atoms with E-state index in [1.54, 1.807) is 18.2 Å². The highest BCUT2D eigenvalue weighted by molar-refractivity contribution is 9.09. The quantitative estimate of drug-likeness (QED) is 0.763. The minimum absolute atomic E-state index is 0.0652. The maximum atomic E-state index is 12.0. The van der Waals surface area contributed by atoms with Crippen LogP contribution in [0, 0.1) is 0 Å². The first-order valence-corrected chi connectivity index (χ1v) is 7.67. The molecule has 104 valence electrons. The Morgan fingerprint density at radius 3 is 2.45 bits per heavy atom. The van der Waals surface area contributed by atoms with Crippen molar-refractivity contribution < 1.29 is 4.79 Å². The first-order chi connectivity index (χ1) is 9.58. The molecule has 0 aliphatic heterocycles. The van der Waals surface area contributed by atoms with Gasteiger partial charge in [0.2, 0.25) is 0 Å². The summed E-state index contributed by atoms with van der Waals surface area (Å²) in [7, 11) is 0. The highest BCUT2D eigenvalue weighted by Crippen LogP contribution is 2.23. The molecule has 0 saturated carbocycles. The van der Waals surface area contributed by atoms with Gasteiger partial charge >= 0.3 is 0 Å². The molecule has 2 nitrogen and oxygen atoms in total. The van der Waals surface area contributed by atoms with Crippen molar-refractivity contribution in [3.63, 3.8) is 0 Å². The summed E-state index contributed by atoms with van der Waals surface area (Å²) in [5.74, 6) is -0.177. The molecule has 0 bridgehead atoms. The predicted molar refractivity (Wildman–Crippen MR) is 86.9 cm³/mol. The summed E-state index contributed by atoms with van der Waals surface area (Å²) < 4.78 is 0. The monoisotopic (exact) mass is 371 g/mol. The minimum Gasteiger partial charge on any atom is -0.351 e. The standard InChI is InChI=1S/C15H12BrCl2NO/c16-12(10-4-2-1-3-5-10)9-19-15(20)11-6-7-13(17)14(18)8-11/h1-8,12H,9H2,(H,19,20). The lowest BCUT2D eigenvalue weighted by Crippen LogP contribution is -2.26. The van der Waals surface area contributed by atoms with Crippen molar-refractivity contribution in [3.8, 4) is 0 Å². The van der Waals surface area contributed by atoms with E-state index >= 15 is 0 Å². The van der Waals surface area contributed by atoms with Gasteiger partial charge in [-0.25, -0.2) is 0 Å². The van der Waals surface area contributed by atoms with Gasteiger partial charge in [-0.15, -0.1) is 0 Å². The molecule has 0 fully saturated rings. The fourth-order valence-corrected chi connectivity index (χ4v) is 2.47. The summed E-state index contributed by atoms with van der Waals surface area (Å²) in [5, 5.41) is 3.67. The van der Waals surface area contributed by atoms with Crippen LogP contribution in [0.5, 0.6) is 0 Å². The third kappa shape index (κ3) is 3.98. The van der Waals surface area contributed by atoms with Crippen molar-refractivity contribution in [2.45, 2.75) is 4.83 Å². The van der Waals surface area contributed by atoms with E-state index in [1.165, 1.54) is 0 Å². The average molecular weight is 373 g/mol. The molecule has 0 heterocycles. The highest BCUT2D eigenvalue weighted by atomic mass is 79.9. The summed E-state index contributed by atoms with van der Waals surface area (Å²) in [6.07, 6.45) is 0.